The summed E-state index contributed by atoms with van der Waals surface area (Å²) in [5, 5.41) is 12.7. The average molecular weight is 505 g/mol. The Morgan fingerprint density at radius 3 is 2.58 bits per heavy atom. The molecule has 0 saturated heterocycles. The van der Waals surface area contributed by atoms with Gasteiger partial charge in [0.2, 0.25) is 0 Å². The highest BCUT2D eigenvalue weighted by atomic mass is 79.9. The Hall–Kier alpha value is -3.91. The van der Waals surface area contributed by atoms with E-state index in [0.29, 0.717) is 28.2 Å². The van der Waals surface area contributed by atoms with Crippen LogP contribution in [0.2, 0.25) is 0 Å². The quantitative estimate of drug-likeness (QED) is 0.376. The largest absolute Gasteiger partial charge is 0.507 e. The van der Waals surface area contributed by atoms with Crippen molar-refractivity contribution in [1.29, 1.82) is 0 Å². The maximum absolute atomic E-state index is 13.0. The zero-order valence-electron chi connectivity index (χ0n) is 18.0. The van der Waals surface area contributed by atoms with Crippen molar-refractivity contribution in [2.45, 2.75) is 6.92 Å². The van der Waals surface area contributed by atoms with Crippen LogP contribution in [0.4, 0.5) is 11.4 Å². The number of hydrogen-bond acceptors (Lipinski definition) is 4. The summed E-state index contributed by atoms with van der Waals surface area (Å²) in [6.07, 6.45) is 1.52. The number of aromatic hydroxyl groups is 1. The number of anilines is 1. The molecule has 0 fully saturated rings. The van der Waals surface area contributed by atoms with Gasteiger partial charge in [-0.05, 0) is 55.5 Å². The number of nitrogens with zero attached hydrogens (tertiary/aromatic N) is 3. The number of carbonyl (C=O) groups is 1. The topological polar surface area (TPSA) is 88.6 Å². The molecule has 0 atom stereocenters. The summed E-state index contributed by atoms with van der Waals surface area (Å²) >= 11 is 3.36. The Labute approximate surface area is 198 Å². The third-order valence-electron chi connectivity index (χ3n) is 5.24. The molecule has 0 aliphatic rings. The van der Waals surface area contributed by atoms with E-state index in [-0.39, 0.29) is 17.0 Å². The minimum absolute atomic E-state index is 0.102. The van der Waals surface area contributed by atoms with Crippen LogP contribution in [0, 0.1) is 6.92 Å². The number of nitrogens with one attached hydrogen (secondary N) is 1. The molecule has 3 aromatic carbocycles. The number of aliphatic imine (C=N–C) groups is 1. The van der Waals surface area contributed by atoms with Gasteiger partial charge in [-0.2, -0.15) is 0 Å². The lowest BCUT2D eigenvalue weighted by Crippen LogP contribution is -2.22. The number of carbonyl (C=O) groups excluding carboxylic acids is 1. The first-order valence-electron chi connectivity index (χ1n) is 10.1. The number of rotatable bonds is 5. The molecule has 33 heavy (non-hydrogen) atoms. The Balaban J connectivity index is 1.60. The van der Waals surface area contributed by atoms with Crippen LogP contribution < -0.4 is 10.9 Å². The zero-order valence-corrected chi connectivity index (χ0v) is 19.6. The van der Waals surface area contributed by atoms with E-state index in [9.17, 15) is 14.7 Å². The molecule has 8 heteroatoms. The summed E-state index contributed by atoms with van der Waals surface area (Å²) in [7, 11) is 1.77. The van der Waals surface area contributed by atoms with Crippen LogP contribution in [-0.4, -0.2) is 26.6 Å². The summed E-state index contributed by atoms with van der Waals surface area (Å²) in [5.74, 6) is -0.312. The summed E-state index contributed by atoms with van der Waals surface area (Å²) in [5.41, 5.74) is 2.69. The third kappa shape index (κ3) is 4.65. The van der Waals surface area contributed by atoms with Crippen LogP contribution in [0.3, 0.4) is 0 Å². The van der Waals surface area contributed by atoms with Gasteiger partial charge >= 0.3 is 0 Å². The molecule has 166 valence electrons. The van der Waals surface area contributed by atoms with Gasteiger partial charge < -0.3 is 10.4 Å². The molecule has 1 heterocycles. The molecular formula is C25H21BrN4O3. The second-order valence-electron chi connectivity index (χ2n) is 7.40. The number of benzene rings is 3. The van der Waals surface area contributed by atoms with Crippen LogP contribution in [-0.2, 0) is 7.05 Å². The first kappa shape index (κ1) is 22.3. The highest BCUT2D eigenvalue weighted by Gasteiger charge is 2.18. The second-order valence-corrected chi connectivity index (χ2v) is 8.32. The lowest BCUT2D eigenvalue weighted by Gasteiger charge is -2.07. The lowest BCUT2D eigenvalue weighted by molar-refractivity contribution is 0.102. The fourth-order valence-electron chi connectivity index (χ4n) is 3.40. The second kappa shape index (κ2) is 9.30. The first-order chi connectivity index (χ1) is 15.8. The molecular weight excluding hydrogens is 484 g/mol. The number of halogens is 1. The Morgan fingerprint density at radius 1 is 1.06 bits per heavy atom. The van der Waals surface area contributed by atoms with Crippen molar-refractivity contribution in [2.24, 2.45) is 12.0 Å². The number of aromatic nitrogens is 2. The van der Waals surface area contributed by atoms with Gasteiger partial charge in [-0.25, -0.2) is 4.68 Å². The maximum atomic E-state index is 13.0. The molecule has 7 nitrogen and oxygen atoms in total. The van der Waals surface area contributed by atoms with Gasteiger partial charge in [-0.3, -0.25) is 19.3 Å². The van der Waals surface area contributed by atoms with Gasteiger partial charge in [-0.15, -0.1) is 0 Å². The molecule has 4 aromatic rings. The Kier molecular flexibility index (Phi) is 6.28. The van der Waals surface area contributed by atoms with Gasteiger partial charge in [0.15, 0.2) is 0 Å². The maximum Gasteiger partial charge on any atom is 0.295 e. The van der Waals surface area contributed by atoms with E-state index in [1.54, 1.807) is 61.1 Å². The molecule has 0 radical (unpaired) electrons. The van der Waals surface area contributed by atoms with Crippen LogP contribution >= 0.6 is 15.9 Å². The molecule has 0 unspecified atom stereocenters. The third-order valence-corrected chi connectivity index (χ3v) is 5.74. The fourth-order valence-corrected chi connectivity index (χ4v) is 3.78. The van der Waals surface area contributed by atoms with Crippen LogP contribution in [0.25, 0.3) is 5.69 Å². The highest BCUT2D eigenvalue weighted by Crippen LogP contribution is 2.22. The number of hydrogen-bond donors (Lipinski definition) is 2. The van der Waals surface area contributed by atoms with Gasteiger partial charge in [0.1, 0.15) is 11.4 Å². The number of phenolic OH excluding ortho intramolecular Hbond substituents is 1. The molecule has 0 aliphatic heterocycles. The molecule has 0 spiro atoms. The van der Waals surface area contributed by atoms with Gasteiger partial charge in [0, 0.05) is 28.9 Å². The van der Waals surface area contributed by atoms with Crippen LogP contribution in [0.1, 0.15) is 21.6 Å². The van der Waals surface area contributed by atoms with Crippen molar-refractivity contribution in [2.75, 3.05) is 5.32 Å². The van der Waals surface area contributed by atoms with Crippen LogP contribution in [0.5, 0.6) is 5.75 Å². The minimum atomic E-state index is -0.414. The van der Waals surface area contributed by atoms with E-state index in [2.05, 4.69) is 26.2 Å². The van der Waals surface area contributed by atoms with E-state index in [1.807, 2.05) is 30.3 Å². The van der Waals surface area contributed by atoms with E-state index in [0.717, 1.165) is 4.47 Å². The Morgan fingerprint density at radius 2 is 1.82 bits per heavy atom. The average Bonchev–Trinajstić information content (AvgIpc) is 3.03. The van der Waals surface area contributed by atoms with Crippen molar-refractivity contribution in [3.63, 3.8) is 0 Å². The first-order valence-corrected chi connectivity index (χ1v) is 10.9. The minimum Gasteiger partial charge on any atom is -0.507 e. The number of para-hydroxylation sites is 1. The predicted molar refractivity (Wildman–Crippen MR) is 133 cm³/mol. The van der Waals surface area contributed by atoms with Gasteiger partial charge in [-0.1, -0.05) is 40.2 Å². The normalized spacial score (nSPS) is 11.1. The smallest absolute Gasteiger partial charge is 0.295 e. The van der Waals surface area contributed by atoms with Crippen molar-refractivity contribution in [3.8, 4) is 11.4 Å². The summed E-state index contributed by atoms with van der Waals surface area (Å²) in [4.78, 5) is 30.3. The van der Waals surface area contributed by atoms with E-state index >= 15 is 0 Å². The predicted octanol–water partition coefficient (Wildman–Crippen LogP) is 4.96. The van der Waals surface area contributed by atoms with Crippen molar-refractivity contribution in [3.05, 3.63) is 104 Å². The molecule has 2 N–H and O–H groups in total. The van der Waals surface area contributed by atoms with Gasteiger partial charge in [0.25, 0.3) is 11.5 Å². The number of amides is 1. The molecule has 0 saturated carbocycles. The molecule has 1 aromatic heterocycles. The standard InChI is InChI=1S/C25H21BrN4O3/c1-16-23(25(33)30(29(16)2)21-9-4-3-5-10-21)28-24(32)17-7-6-8-20(14-17)27-15-18-13-19(26)11-12-22(18)31/h3-15,31H,1-2H3,(H,28,32). The highest BCUT2D eigenvalue weighted by molar-refractivity contribution is 9.10. The molecule has 0 aliphatic carbocycles. The molecule has 1 amide bonds. The summed E-state index contributed by atoms with van der Waals surface area (Å²) < 4.78 is 4.03. The van der Waals surface area contributed by atoms with Crippen molar-refractivity contribution < 1.29 is 9.90 Å². The zero-order chi connectivity index (χ0) is 23.5. The van der Waals surface area contributed by atoms with Crippen LogP contribution in [0.15, 0.2) is 87.1 Å². The lowest BCUT2D eigenvalue weighted by atomic mass is 10.2. The monoisotopic (exact) mass is 504 g/mol. The van der Waals surface area contributed by atoms with Crippen molar-refractivity contribution in [1.82, 2.24) is 9.36 Å². The fraction of sp³-hybridized carbons (Fsp3) is 0.0800. The summed E-state index contributed by atoms with van der Waals surface area (Å²) in [6, 6.07) is 21.0. The Bertz CT molecular complexity index is 1420. The van der Waals surface area contributed by atoms with E-state index in [4.69, 9.17) is 0 Å². The molecule has 4 rings (SSSR count). The van der Waals surface area contributed by atoms with E-state index in [1.165, 1.54) is 10.9 Å². The number of phenols is 1. The van der Waals surface area contributed by atoms with Gasteiger partial charge in [0.05, 0.1) is 17.1 Å². The SMILES string of the molecule is Cc1c(NC(=O)c2cccc(N=Cc3cc(Br)ccc3O)c2)c(=O)n(-c2ccccc2)n1C. The molecule has 0 bridgehead atoms. The van der Waals surface area contributed by atoms with E-state index < -0.39 is 5.91 Å². The van der Waals surface area contributed by atoms with Crippen molar-refractivity contribution >= 4 is 39.4 Å². The summed E-state index contributed by atoms with van der Waals surface area (Å²) in [6.45, 7) is 1.78.